The van der Waals surface area contributed by atoms with Crippen LogP contribution in [-0.4, -0.2) is 9.97 Å². The van der Waals surface area contributed by atoms with Crippen LogP contribution in [0.1, 0.15) is 5.82 Å². The highest BCUT2D eigenvalue weighted by atomic mass is 32.1. The van der Waals surface area contributed by atoms with E-state index in [0.717, 1.165) is 5.56 Å². The zero-order valence-corrected chi connectivity index (χ0v) is 9.95. The highest BCUT2D eigenvalue weighted by molar-refractivity contribution is 7.17. The van der Waals surface area contributed by atoms with Crippen molar-refractivity contribution in [2.24, 2.45) is 0 Å². The van der Waals surface area contributed by atoms with Crippen molar-refractivity contribution >= 4 is 21.6 Å². The lowest BCUT2D eigenvalue weighted by Gasteiger charge is -1.96. The molecule has 0 aromatic carbocycles. The molecule has 0 fully saturated rings. The Labute approximate surface area is 105 Å². The quantitative estimate of drug-likeness (QED) is 0.763. The Bertz CT molecular complexity index is 793. The second-order valence-electron chi connectivity index (χ2n) is 3.65. The van der Waals surface area contributed by atoms with Gasteiger partial charge < -0.3 is 9.40 Å². The molecule has 0 bridgehead atoms. The van der Waals surface area contributed by atoms with Crippen molar-refractivity contribution in [1.29, 1.82) is 5.26 Å². The summed E-state index contributed by atoms with van der Waals surface area (Å²) in [5.74, 6) is 1.03. The number of aromatic nitrogens is 2. The highest BCUT2D eigenvalue weighted by Crippen LogP contribution is 2.30. The average molecular weight is 257 g/mol. The van der Waals surface area contributed by atoms with E-state index in [1.165, 1.54) is 11.3 Å². The van der Waals surface area contributed by atoms with Crippen LogP contribution in [0.5, 0.6) is 0 Å². The fourth-order valence-electron chi connectivity index (χ4n) is 1.77. The highest BCUT2D eigenvalue weighted by Gasteiger charge is 2.14. The smallest absolute Gasteiger partial charge is 0.260 e. The molecule has 1 N–H and O–H groups in total. The van der Waals surface area contributed by atoms with Gasteiger partial charge in [-0.1, -0.05) is 0 Å². The van der Waals surface area contributed by atoms with Crippen LogP contribution < -0.4 is 5.56 Å². The largest absolute Gasteiger partial charge is 0.464 e. The molecule has 18 heavy (non-hydrogen) atoms. The molecule has 0 aliphatic carbocycles. The predicted octanol–water partition coefficient (Wildman–Crippen LogP) is 2.31. The third-order valence-electron chi connectivity index (χ3n) is 2.53. The number of rotatable bonds is 2. The summed E-state index contributed by atoms with van der Waals surface area (Å²) in [5, 5.41) is 11.0. The Morgan fingerprint density at radius 2 is 2.44 bits per heavy atom. The van der Waals surface area contributed by atoms with E-state index in [2.05, 4.69) is 9.97 Å². The fourth-order valence-corrected chi connectivity index (χ4v) is 2.71. The van der Waals surface area contributed by atoms with Crippen molar-refractivity contribution < 1.29 is 4.42 Å². The number of aromatic amines is 1. The normalized spacial score (nSPS) is 10.6. The third-order valence-corrected chi connectivity index (χ3v) is 3.40. The Morgan fingerprint density at radius 3 is 3.17 bits per heavy atom. The molecule has 0 saturated heterocycles. The molecule has 3 heterocycles. The molecule has 6 heteroatoms. The van der Waals surface area contributed by atoms with Gasteiger partial charge in [0.15, 0.2) is 0 Å². The van der Waals surface area contributed by atoms with E-state index in [1.54, 1.807) is 18.4 Å². The first-order chi connectivity index (χ1) is 8.79. The van der Waals surface area contributed by atoms with Gasteiger partial charge in [0, 0.05) is 10.9 Å². The Hall–Kier alpha value is -2.39. The third kappa shape index (κ3) is 1.61. The summed E-state index contributed by atoms with van der Waals surface area (Å²) in [7, 11) is 0. The summed E-state index contributed by atoms with van der Waals surface area (Å²) in [6.45, 7) is 0. The van der Waals surface area contributed by atoms with E-state index in [9.17, 15) is 4.79 Å². The number of hydrogen-bond donors (Lipinski definition) is 1. The second kappa shape index (κ2) is 4.13. The standard InChI is InChI=1S/C12H7N3O2S/c13-4-3-9-14-11(16)10-7(6-18-12(10)15-9)8-2-1-5-17-8/h1-2,5-6H,3H2,(H,14,15,16). The summed E-state index contributed by atoms with van der Waals surface area (Å²) >= 11 is 1.37. The molecule has 0 unspecified atom stereocenters. The van der Waals surface area contributed by atoms with E-state index >= 15 is 0 Å². The minimum atomic E-state index is -0.238. The van der Waals surface area contributed by atoms with Gasteiger partial charge in [-0.3, -0.25) is 4.79 Å². The molecule has 0 saturated carbocycles. The molecular weight excluding hydrogens is 250 g/mol. The van der Waals surface area contributed by atoms with E-state index in [1.807, 2.05) is 11.4 Å². The van der Waals surface area contributed by atoms with Gasteiger partial charge in [0.25, 0.3) is 5.56 Å². The first kappa shape index (κ1) is 10.7. The molecule has 0 spiro atoms. The Morgan fingerprint density at radius 1 is 1.56 bits per heavy atom. The van der Waals surface area contributed by atoms with Crippen LogP contribution in [0.2, 0.25) is 0 Å². The molecule has 88 valence electrons. The maximum absolute atomic E-state index is 12.0. The van der Waals surface area contributed by atoms with Crippen molar-refractivity contribution in [2.45, 2.75) is 6.42 Å². The monoisotopic (exact) mass is 257 g/mol. The van der Waals surface area contributed by atoms with E-state index in [-0.39, 0.29) is 12.0 Å². The van der Waals surface area contributed by atoms with Gasteiger partial charge in [-0.2, -0.15) is 5.26 Å². The number of nitriles is 1. The van der Waals surface area contributed by atoms with Crippen molar-refractivity contribution in [3.8, 4) is 17.4 Å². The minimum absolute atomic E-state index is 0.0964. The zero-order chi connectivity index (χ0) is 12.5. The van der Waals surface area contributed by atoms with Gasteiger partial charge in [-0.25, -0.2) is 4.98 Å². The van der Waals surface area contributed by atoms with Crippen LogP contribution in [0, 0.1) is 11.3 Å². The maximum atomic E-state index is 12.0. The van der Waals surface area contributed by atoms with Crippen LogP contribution >= 0.6 is 11.3 Å². The van der Waals surface area contributed by atoms with Gasteiger partial charge in [-0.15, -0.1) is 11.3 Å². The molecule has 3 rings (SSSR count). The topological polar surface area (TPSA) is 82.7 Å². The predicted molar refractivity (Wildman–Crippen MR) is 67.3 cm³/mol. The number of nitrogens with zero attached hydrogens (tertiary/aromatic N) is 2. The number of hydrogen-bond acceptors (Lipinski definition) is 5. The first-order valence-corrected chi connectivity index (χ1v) is 6.09. The lowest BCUT2D eigenvalue weighted by Crippen LogP contribution is -2.10. The van der Waals surface area contributed by atoms with Gasteiger partial charge in [0.1, 0.15) is 16.4 Å². The molecule has 5 nitrogen and oxygen atoms in total. The number of furan rings is 1. The number of H-pyrrole nitrogens is 1. The van der Waals surface area contributed by atoms with Crippen LogP contribution in [0.15, 0.2) is 33.0 Å². The lowest BCUT2D eigenvalue weighted by molar-refractivity contribution is 0.583. The van der Waals surface area contributed by atoms with E-state index in [0.29, 0.717) is 21.8 Å². The Kier molecular flexibility index (Phi) is 2.46. The average Bonchev–Trinajstić information content (AvgIpc) is 2.96. The zero-order valence-electron chi connectivity index (χ0n) is 9.14. The SMILES string of the molecule is N#CCc1nc2scc(-c3ccco3)c2c(=O)[nH]1. The summed E-state index contributed by atoms with van der Waals surface area (Å²) < 4.78 is 5.29. The summed E-state index contributed by atoms with van der Waals surface area (Å²) in [6, 6.07) is 5.53. The van der Waals surface area contributed by atoms with Gasteiger partial charge >= 0.3 is 0 Å². The molecule has 0 radical (unpaired) electrons. The van der Waals surface area contributed by atoms with Crippen LogP contribution in [0.3, 0.4) is 0 Å². The van der Waals surface area contributed by atoms with Crippen molar-refractivity contribution in [2.75, 3.05) is 0 Å². The van der Waals surface area contributed by atoms with Gasteiger partial charge in [0.05, 0.1) is 24.1 Å². The first-order valence-electron chi connectivity index (χ1n) is 5.21. The molecular formula is C12H7N3O2S. The molecule has 3 aromatic heterocycles. The summed E-state index contributed by atoms with van der Waals surface area (Å²) in [5.41, 5.74) is 0.496. The van der Waals surface area contributed by atoms with Crippen molar-refractivity contribution in [1.82, 2.24) is 9.97 Å². The molecule has 0 atom stereocenters. The molecule has 0 aliphatic heterocycles. The van der Waals surface area contributed by atoms with Crippen molar-refractivity contribution in [3.05, 3.63) is 40.0 Å². The lowest BCUT2D eigenvalue weighted by atomic mass is 10.2. The number of thiophene rings is 1. The van der Waals surface area contributed by atoms with Gasteiger partial charge in [0.2, 0.25) is 0 Å². The van der Waals surface area contributed by atoms with Crippen LogP contribution in [0.25, 0.3) is 21.5 Å². The van der Waals surface area contributed by atoms with Crippen LogP contribution in [-0.2, 0) is 6.42 Å². The Balaban J connectivity index is 2.27. The fraction of sp³-hybridized carbons (Fsp3) is 0.0833. The molecule has 0 amide bonds. The maximum Gasteiger partial charge on any atom is 0.260 e. The molecule has 0 aliphatic rings. The van der Waals surface area contributed by atoms with Gasteiger partial charge in [-0.05, 0) is 12.1 Å². The van der Waals surface area contributed by atoms with Crippen LogP contribution in [0.4, 0.5) is 0 Å². The minimum Gasteiger partial charge on any atom is -0.464 e. The number of nitrogens with one attached hydrogen (secondary N) is 1. The summed E-state index contributed by atoms with van der Waals surface area (Å²) in [6.07, 6.45) is 1.66. The van der Waals surface area contributed by atoms with E-state index in [4.69, 9.17) is 9.68 Å². The second-order valence-corrected chi connectivity index (χ2v) is 4.51. The number of fused-ring (bicyclic) bond motifs is 1. The van der Waals surface area contributed by atoms with E-state index < -0.39 is 0 Å². The molecule has 3 aromatic rings. The van der Waals surface area contributed by atoms with Crippen molar-refractivity contribution in [3.63, 3.8) is 0 Å². The summed E-state index contributed by atoms with van der Waals surface area (Å²) in [4.78, 5) is 19.5.